The van der Waals surface area contributed by atoms with Crippen LogP contribution in [-0.2, 0) is 11.3 Å². The number of furan rings is 1. The maximum absolute atomic E-state index is 13.0. The molecule has 3 aromatic rings. The molecule has 0 saturated carbocycles. The van der Waals surface area contributed by atoms with Crippen molar-refractivity contribution in [1.82, 2.24) is 15.3 Å². The molecule has 1 saturated heterocycles. The lowest BCUT2D eigenvalue weighted by Crippen LogP contribution is -2.43. The Morgan fingerprint density at radius 3 is 2.82 bits per heavy atom. The SMILES string of the molecule is CCOc1cc(CNC(=O)[C@H]2CCCN(c3nc(C)nc4oc(C)c(C)c34)C2)ccc1OC. The number of hydrogen-bond donors (Lipinski definition) is 1. The number of hydrogen-bond acceptors (Lipinski definition) is 7. The van der Waals surface area contributed by atoms with Gasteiger partial charge in [0, 0.05) is 25.2 Å². The van der Waals surface area contributed by atoms with E-state index >= 15 is 0 Å². The third-order valence-corrected chi connectivity index (χ3v) is 6.21. The number of carbonyl (C=O) groups excluding carboxylic acids is 1. The lowest BCUT2D eigenvalue weighted by atomic mass is 9.96. The summed E-state index contributed by atoms with van der Waals surface area (Å²) in [5.41, 5.74) is 2.64. The van der Waals surface area contributed by atoms with Gasteiger partial charge in [0.05, 0.1) is 25.0 Å². The van der Waals surface area contributed by atoms with Crippen molar-refractivity contribution in [2.45, 2.75) is 47.1 Å². The molecule has 176 valence electrons. The van der Waals surface area contributed by atoms with Crippen molar-refractivity contribution >= 4 is 22.8 Å². The van der Waals surface area contributed by atoms with E-state index in [0.717, 1.165) is 47.5 Å². The second-order valence-corrected chi connectivity index (χ2v) is 8.48. The number of methoxy groups -OCH3 is 1. The smallest absolute Gasteiger partial charge is 0.231 e. The van der Waals surface area contributed by atoms with Gasteiger partial charge < -0.3 is 24.1 Å². The second-order valence-electron chi connectivity index (χ2n) is 8.48. The number of nitrogens with zero attached hydrogens (tertiary/aromatic N) is 3. The van der Waals surface area contributed by atoms with Crippen LogP contribution >= 0.6 is 0 Å². The van der Waals surface area contributed by atoms with Crippen LogP contribution < -0.4 is 19.7 Å². The quantitative estimate of drug-likeness (QED) is 0.577. The summed E-state index contributed by atoms with van der Waals surface area (Å²) in [7, 11) is 1.62. The summed E-state index contributed by atoms with van der Waals surface area (Å²) in [5, 5.41) is 4.04. The Hall–Kier alpha value is -3.29. The fourth-order valence-electron chi connectivity index (χ4n) is 4.38. The number of amides is 1. The summed E-state index contributed by atoms with van der Waals surface area (Å²) >= 11 is 0. The van der Waals surface area contributed by atoms with Crippen molar-refractivity contribution in [3.05, 3.63) is 40.9 Å². The first kappa shape index (κ1) is 22.9. The van der Waals surface area contributed by atoms with Crippen molar-refractivity contribution in [2.75, 3.05) is 31.7 Å². The molecule has 4 rings (SSSR count). The normalized spacial score (nSPS) is 16.2. The third-order valence-electron chi connectivity index (χ3n) is 6.21. The minimum Gasteiger partial charge on any atom is -0.493 e. The number of fused-ring (bicyclic) bond motifs is 1. The van der Waals surface area contributed by atoms with Crippen molar-refractivity contribution in [2.24, 2.45) is 5.92 Å². The van der Waals surface area contributed by atoms with Gasteiger partial charge in [-0.25, -0.2) is 4.98 Å². The van der Waals surface area contributed by atoms with Gasteiger partial charge in [-0.15, -0.1) is 0 Å². The zero-order valence-corrected chi connectivity index (χ0v) is 20.0. The summed E-state index contributed by atoms with van der Waals surface area (Å²) in [6, 6.07) is 5.73. The number of aryl methyl sites for hydroxylation is 3. The lowest BCUT2D eigenvalue weighted by Gasteiger charge is -2.33. The molecule has 1 amide bonds. The van der Waals surface area contributed by atoms with Crippen LogP contribution in [0.25, 0.3) is 11.1 Å². The highest BCUT2D eigenvalue weighted by molar-refractivity contribution is 5.90. The van der Waals surface area contributed by atoms with Crippen molar-refractivity contribution in [3.8, 4) is 11.5 Å². The Morgan fingerprint density at radius 1 is 1.24 bits per heavy atom. The third kappa shape index (κ3) is 4.74. The molecule has 2 aromatic heterocycles. The van der Waals surface area contributed by atoms with Crippen molar-refractivity contribution in [3.63, 3.8) is 0 Å². The summed E-state index contributed by atoms with van der Waals surface area (Å²) in [6.07, 6.45) is 1.78. The van der Waals surface area contributed by atoms with Crippen LogP contribution in [0.5, 0.6) is 11.5 Å². The average molecular weight is 453 g/mol. The monoisotopic (exact) mass is 452 g/mol. The summed E-state index contributed by atoms with van der Waals surface area (Å²) in [4.78, 5) is 24.4. The number of benzene rings is 1. The molecule has 33 heavy (non-hydrogen) atoms. The van der Waals surface area contributed by atoms with Gasteiger partial charge in [-0.2, -0.15) is 4.98 Å². The molecule has 0 aliphatic carbocycles. The zero-order chi connectivity index (χ0) is 23.5. The number of anilines is 1. The molecular weight excluding hydrogens is 420 g/mol. The highest BCUT2D eigenvalue weighted by Gasteiger charge is 2.29. The molecule has 3 heterocycles. The number of carbonyl (C=O) groups is 1. The Labute approximate surface area is 194 Å². The van der Waals surface area contributed by atoms with Gasteiger partial charge in [-0.05, 0) is 58.2 Å². The van der Waals surface area contributed by atoms with Gasteiger partial charge in [0.15, 0.2) is 11.5 Å². The van der Waals surface area contributed by atoms with E-state index in [9.17, 15) is 4.79 Å². The van der Waals surface area contributed by atoms with E-state index in [1.165, 1.54) is 0 Å². The fourth-order valence-corrected chi connectivity index (χ4v) is 4.38. The highest BCUT2D eigenvalue weighted by Crippen LogP contribution is 2.33. The number of rotatable bonds is 7. The van der Waals surface area contributed by atoms with E-state index in [0.29, 0.717) is 42.7 Å². The number of nitrogens with one attached hydrogen (secondary N) is 1. The molecule has 0 bridgehead atoms. The molecule has 0 unspecified atom stereocenters. The maximum atomic E-state index is 13.0. The first-order valence-electron chi connectivity index (χ1n) is 11.5. The van der Waals surface area contributed by atoms with E-state index in [1.54, 1.807) is 7.11 Å². The van der Waals surface area contributed by atoms with Gasteiger partial charge in [0.1, 0.15) is 17.4 Å². The molecule has 1 aliphatic heterocycles. The van der Waals surface area contributed by atoms with Crippen LogP contribution in [-0.4, -0.2) is 42.7 Å². The minimum atomic E-state index is -0.109. The molecule has 1 fully saturated rings. The first-order chi connectivity index (χ1) is 15.9. The predicted molar refractivity (Wildman–Crippen MR) is 127 cm³/mol. The summed E-state index contributed by atoms with van der Waals surface area (Å²) in [6.45, 7) is 10.2. The fraction of sp³-hybridized carbons (Fsp3) is 0.480. The predicted octanol–water partition coefficient (Wildman–Crippen LogP) is 4.09. The number of aromatic nitrogens is 2. The van der Waals surface area contributed by atoms with Crippen LogP contribution in [0.4, 0.5) is 5.82 Å². The summed E-state index contributed by atoms with van der Waals surface area (Å²) < 4.78 is 16.8. The van der Waals surface area contributed by atoms with E-state index in [2.05, 4.69) is 15.2 Å². The molecular formula is C25H32N4O4. The van der Waals surface area contributed by atoms with Crippen LogP contribution in [0.3, 0.4) is 0 Å². The Morgan fingerprint density at radius 2 is 2.06 bits per heavy atom. The van der Waals surface area contributed by atoms with Crippen LogP contribution in [0.15, 0.2) is 22.6 Å². The van der Waals surface area contributed by atoms with E-state index in [1.807, 2.05) is 45.9 Å². The van der Waals surface area contributed by atoms with Gasteiger partial charge in [0.25, 0.3) is 0 Å². The van der Waals surface area contributed by atoms with Gasteiger partial charge in [0.2, 0.25) is 11.6 Å². The zero-order valence-electron chi connectivity index (χ0n) is 20.0. The molecule has 1 aromatic carbocycles. The summed E-state index contributed by atoms with van der Waals surface area (Å²) in [5.74, 6) is 3.69. The topological polar surface area (TPSA) is 89.7 Å². The van der Waals surface area contributed by atoms with Crippen LogP contribution in [0.2, 0.25) is 0 Å². The number of piperidine rings is 1. The van der Waals surface area contributed by atoms with Crippen LogP contribution in [0, 0.1) is 26.7 Å². The van der Waals surface area contributed by atoms with Gasteiger partial charge in [-0.3, -0.25) is 4.79 Å². The molecule has 0 radical (unpaired) electrons. The molecule has 1 N–H and O–H groups in total. The van der Waals surface area contributed by atoms with Crippen LogP contribution in [0.1, 0.15) is 42.5 Å². The molecule has 8 heteroatoms. The van der Waals surface area contributed by atoms with E-state index in [4.69, 9.17) is 18.9 Å². The second kappa shape index (κ2) is 9.68. The van der Waals surface area contributed by atoms with Gasteiger partial charge in [-0.1, -0.05) is 6.07 Å². The van der Waals surface area contributed by atoms with E-state index < -0.39 is 0 Å². The molecule has 1 aliphatic rings. The average Bonchev–Trinajstić information content (AvgIpc) is 3.10. The number of ether oxygens (including phenoxy) is 2. The lowest BCUT2D eigenvalue weighted by molar-refractivity contribution is -0.125. The molecule has 0 spiro atoms. The highest BCUT2D eigenvalue weighted by atomic mass is 16.5. The van der Waals surface area contributed by atoms with Crippen molar-refractivity contribution < 1.29 is 18.7 Å². The first-order valence-corrected chi connectivity index (χ1v) is 11.5. The molecule has 1 atom stereocenters. The molecule has 8 nitrogen and oxygen atoms in total. The minimum absolute atomic E-state index is 0.0515. The Balaban J connectivity index is 1.47. The maximum Gasteiger partial charge on any atom is 0.231 e. The van der Waals surface area contributed by atoms with Crippen molar-refractivity contribution in [1.29, 1.82) is 0 Å². The standard InChI is InChI=1S/C25H32N4O4/c1-6-32-21-12-18(9-10-20(21)31-5)13-26-24(30)19-8-7-11-29(14-19)23-22-15(2)16(3)33-25(22)28-17(4)27-23/h9-10,12,19H,6-8,11,13-14H2,1-5H3,(H,26,30)/t19-/m0/s1. The Bertz CT molecular complexity index is 1160. The van der Waals surface area contributed by atoms with Gasteiger partial charge >= 0.3 is 0 Å². The van der Waals surface area contributed by atoms with E-state index in [-0.39, 0.29) is 11.8 Å². The largest absolute Gasteiger partial charge is 0.493 e. The Kier molecular flexibility index (Phi) is 6.72.